The van der Waals surface area contributed by atoms with E-state index in [1.54, 1.807) is 0 Å². The Bertz CT molecular complexity index is 495. The highest BCUT2D eigenvalue weighted by Crippen LogP contribution is 1.87. The third kappa shape index (κ3) is 39.0. The summed E-state index contributed by atoms with van der Waals surface area (Å²) in [5, 5.41) is 0. The molecule has 252 valence electrons. The van der Waals surface area contributed by atoms with Crippen molar-refractivity contribution in [1.82, 2.24) is 0 Å². The largest absolute Gasteiger partial charge is 0.499 e. The summed E-state index contributed by atoms with van der Waals surface area (Å²) in [6, 6.07) is 0. The summed E-state index contributed by atoms with van der Waals surface area (Å²) in [5.41, 5.74) is 0. The zero-order valence-corrected chi connectivity index (χ0v) is 25.4. The highest BCUT2D eigenvalue weighted by molar-refractivity contribution is 4.47. The Morgan fingerprint density at radius 3 is 0.619 bits per heavy atom. The van der Waals surface area contributed by atoms with Crippen molar-refractivity contribution in [3.63, 3.8) is 0 Å². The maximum absolute atomic E-state index is 11.8. The lowest BCUT2D eigenvalue weighted by Gasteiger charge is -2.09. The first-order chi connectivity index (χ1) is 20.9. The van der Waals surface area contributed by atoms with Gasteiger partial charge in [0, 0.05) is 0 Å². The van der Waals surface area contributed by atoms with Crippen molar-refractivity contribution < 1.29 is 66.0 Å². The van der Waals surface area contributed by atoms with Gasteiger partial charge in [0.25, 0.3) is 0 Å². The van der Waals surface area contributed by atoms with Gasteiger partial charge in [-0.1, -0.05) is 6.58 Å². The molecule has 0 saturated carbocycles. The van der Waals surface area contributed by atoms with Gasteiger partial charge in [0.2, 0.25) is 0 Å². The molecule has 0 fully saturated rings. The van der Waals surface area contributed by atoms with Crippen LogP contribution in [0.5, 0.6) is 0 Å². The minimum Gasteiger partial charge on any atom is -0.499 e. The van der Waals surface area contributed by atoms with Gasteiger partial charge in [-0.25, -0.2) is 4.39 Å². The average Bonchev–Trinajstić information content (AvgIpc) is 3.00. The van der Waals surface area contributed by atoms with Crippen LogP contribution in [0.2, 0.25) is 0 Å². The Morgan fingerprint density at radius 2 is 0.452 bits per heavy atom. The van der Waals surface area contributed by atoms with E-state index >= 15 is 0 Å². The Kier molecular flexibility index (Phi) is 39.0. The fourth-order valence-electron chi connectivity index (χ4n) is 2.77. The summed E-state index contributed by atoms with van der Waals surface area (Å²) in [6.07, 6.45) is 1.39. The molecule has 0 unspecified atom stereocenters. The van der Waals surface area contributed by atoms with Gasteiger partial charge < -0.3 is 61.6 Å². The summed E-state index contributed by atoms with van der Waals surface area (Å²) >= 11 is 0. The van der Waals surface area contributed by atoms with E-state index in [1.807, 2.05) is 0 Å². The second kappa shape index (κ2) is 40.0. The van der Waals surface area contributed by atoms with Crippen molar-refractivity contribution >= 4 is 0 Å². The van der Waals surface area contributed by atoms with Gasteiger partial charge in [0.15, 0.2) is 0 Å². The van der Waals surface area contributed by atoms with Crippen LogP contribution in [0, 0.1) is 0 Å². The number of halogens is 1. The fourth-order valence-corrected chi connectivity index (χ4v) is 2.77. The molecule has 0 aliphatic carbocycles. The molecule has 42 heavy (non-hydrogen) atoms. The van der Waals surface area contributed by atoms with E-state index in [9.17, 15) is 4.39 Å². The monoisotopic (exact) mass is 618 g/mol. The summed E-state index contributed by atoms with van der Waals surface area (Å²) in [6.45, 7) is 15.0. The number of ether oxygens (including phenoxy) is 13. The smallest absolute Gasteiger partial charge is 0.113 e. The minimum absolute atomic E-state index is 0.113. The molecule has 0 amide bonds. The van der Waals surface area contributed by atoms with Crippen molar-refractivity contribution in [2.75, 3.05) is 172 Å². The molecule has 0 N–H and O–H groups in total. The van der Waals surface area contributed by atoms with Crippen molar-refractivity contribution in [2.45, 2.75) is 0 Å². The zero-order valence-electron chi connectivity index (χ0n) is 25.4. The molecule has 0 aromatic rings. The van der Waals surface area contributed by atoms with Gasteiger partial charge in [0.1, 0.15) is 13.3 Å². The summed E-state index contributed by atoms with van der Waals surface area (Å²) in [7, 11) is 0. The van der Waals surface area contributed by atoms with E-state index in [-0.39, 0.29) is 6.61 Å². The first-order valence-electron chi connectivity index (χ1n) is 14.6. The van der Waals surface area contributed by atoms with Gasteiger partial charge in [-0.2, -0.15) is 0 Å². The maximum atomic E-state index is 11.8. The second-order valence-electron chi connectivity index (χ2n) is 8.07. The van der Waals surface area contributed by atoms with Crippen LogP contribution in [-0.2, 0) is 61.6 Å². The van der Waals surface area contributed by atoms with E-state index in [1.165, 1.54) is 6.26 Å². The van der Waals surface area contributed by atoms with Gasteiger partial charge in [-0.3, -0.25) is 0 Å². The number of hydrogen-bond acceptors (Lipinski definition) is 13. The van der Waals surface area contributed by atoms with Crippen LogP contribution < -0.4 is 0 Å². The summed E-state index contributed by atoms with van der Waals surface area (Å²) in [5.74, 6) is 0. The Hall–Kier alpha value is -1.01. The normalized spacial score (nSPS) is 11.4. The summed E-state index contributed by atoms with van der Waals surface area (Å²) < 4.78 is 81.1. The Morgan fingerprint density at radius 1 is 0.286 bits per heavy atom. The first kappa shape index (κ1) is 41.0. The Balaban J connectivity index is 3.02. The van der Waals surface area contributed by atoms with E-state index in [0.29, 0.717) is 159 Å². The molecule has 0 atom stereocenters. The predicted octanol–water partition coefficient (Wildman–Crippen LogP) is 1.32. The molecule has 0 aromatic heterocycles. The highest BCUT2D eigenvalue weighted by Gasteiger charge is 1.96. The van der Waals surface area contributed by atoms with Crippen molar-refractivity contribution in [3.8, 4) is 0 Å². The van der Waals surface area contributed by atoms with Crippen LogP contribution in [0.4, 0.5) is 4.39 Å². The molecule has 0 rings (SSSR count). The molecule has 0 aliphatic heterocycles. The molecular formula is C28H55FO13. The molecule has 0 bridgehead atoms. The second-order valence-corrected chi connectivity index (χ2v) is 8.07. The number of alkyl halides is 1. The lowest BCUT2D eigenvalue weighted by Crippen LogP contribution is -2.15. The van der Waals surface area contributed by atoms with Crippen LogP contribution in [0.1, 0.15) is 0 Å². The third-order valence-electron chi connectivity index (χ3n) is 4.78. The molecule has 0 saturated heterocycles. The highest BCUT2D eigenvalue weighted by atomic mass is 19.1. The van der Waals surface area contributed by atoms with E-state index in [2.05, 4.69) is 6.58 Å². The van der Waals surface area contributed by atoms with Crippen LogP contribution in [0.3, 0.4) is 0 Å². The van der Waals surface area contributed by atoms with E-state index in [0.717, 1.165) is 0 Å². The van der Waals surface area contributed by atoms with Crippen LogP contribution in [-0.4, -0.2) is 172 Å². The molecule has 0 heterocycles. The number of rotatable bonds is 39. The molecule has 0 aromatic carbocycles. The van der Waals surface area contributed by atoms with Crippen molar-refractivity contribution in [1.29, 1.82) is 0 Å². The quantitative estimate of drug-likeness (QED) is 0.0728. The van der Waals surface area contributed by atoms with Crippen LogP contribution in [0.25, 0.3) is 0 Å². The predicted molar refractivity (Wildman–Crippen MR) is 152 cm³/mol. The van der Waals surface area contributed by atoms with Gasteiger partial charge in [0.05, 0.1) is 165 Å². The van der Waals surface area contributed by atoms with Crippen molar-refractivity contribution in [3.05, 3.63) is 12.8 Å². The van der Waals surface area contributed by atoms with Crippen molar-refractivity contribution in [2.24, 2.45) is 0 Å². The standard InChI is InChI=1S/C28H55FO13/c1-2-30-5-6-32-9-10-34-13-14-36-17-18-38-21-22-40-25-26-42-28-27-41-24-23-39-20-19-37-16-15-35-12-11-33-8-7-31-4-3-29/h2H,1,3-28H2. The summed E-state index contributed by atoms with van der Waals surface area (Å²) in [4.78, 5) is 0. The molecule has 0 radical (unpaired) electrons. The molecule has 14 heteroatoms. The molecule has 13 nitrogen and oxygen atoms in total. The lowest BCUT2D eigenvalue weighted by atomic mass is 10.6. The zero-order chi connectivity index (χ0) is 30.3. The molecule has 0 spiro atoms. The number of hydrogen-bond donors (Lipinski definition) is 0. The third-order valence-corrected chi connectivity index (χ3v) is 4.78. The first-order valence-corrected chi connectivity index (χ1v) is 14.6. The SMILES string of the molecule is C=COCCOCCOCCOCCOCCOCCOCCOCCOCCOCCOCCOCCOCCF. The lowest BCUT2D eigenvalue weighted by molar-refractivity contribution is -0.0287. The van der Waals surface area contributed by atoms with Gasteiger partial charge >= 0.3 is 0 Å². The van der Waals surface area contributed by atoms with E-state index in [4.69, 9.17) is 61.6 Å². The minimum atomic E-state index is -0.475. The maximum Gasteiger partial charge on any atom is 0.113 e. The van der Waals surface area contributed by atoms with Gasteiger partial charge in [-0.05, 0) is 0 Å². The molecular weight excluding hydrogens is 563 g/mol. The topological polar surface area (TPSA) is 120 Å². The average molecular weight is 619 g/mol. The van der Waals surface area contributed by atoms with Crippen LogP contribution >= 0.6 is 0 Å². The Labute approximate surface area is 251 Å². The molecule has 0 aliphatic rings. The fraction of sp³-hybridized carbons (Fsp3) is 0.929. The van der Waals surface area contributed by atoms with Gasteiger partial charge in [-0.15, -0.1) is 0 Å². The van der Waals surface area contributed by atoms with E-state index < -0.39 is 6.67 Å². The van der Waals surface area contributed by atoms with Crippen LogP contribution in [0.15, 0.2) is 12.8 Å².